The van der Waals surface area contributed by atoms with Gasteiger partial charge in [0.15, 0.2) is 0 Å². The Morgan fingerprint density at radius 3 is 2.62 bits per heavy atom. The van der Waals surface area contributed by atoms with Gasteiger partial charge in [0.1, 0.15) is 5.02 Å². The maximum Gasteiger partial charge on any atom is 0.288 e. The third-order valence-corrected chi connectivity index (χ3v) is 5.21. The van der Waals surface area contributed by atoms with Gasteiger partial charge in [-0.25, -0.2) is 0 Å². The predicted molar refractivity (Wildman–Crippen MR) is 85.1 cm³/mol. The van der Waals surface area contributed by atoms with Crippen molar-refractivity contribution >= 4 is 35.0 Å². The van der Waals surface area contributed by atoms with Crippen molar-refractivity contribution in [3.63, 3.8) is 0 Å². The van der Waals surface area contributed by atoms with Gasteiger partial charge in [-0.2, -0.15) is 11.8 Å². The van der Waals surface area contributed by atoms with E-state index in [2.05, 4.69) is 11.6 Å². The second-order valence-corrected chi connectivity index (χ2v) is 6.65. The van der Waals surface area contributed by atoms with Crippen LogP contribution >= 0.6 is 23.4 Å². The Kier molecular flexibility index (Phi) is 5.47. The maximum atomic E-state index is 12.2. The molecule has 1 N–H and O–H groups in total. The van der Waals surface area contributed by atoms with E-state index in [1.54, 1.807) is 0 Å². The van der Waals surface area contributed by atoms with Crippen molar-refractivity contribution in [1.82, 2.24) is 5.32 Å². The molecular formula is C14H17ClN2O3S. The number of amides is 1. The number of carbonyl (C=O) groups excluding carboxylic acids is 1. The molecule has 1 saturated carbocycles. The number of carbonyl (C=O) groups is 1. The van der Waals surface area contributed by atoms with Gasteiger partial charge in [-0.15, -0.1) is 0 Å². The fourth-order valence-corrected chi connectivity index (χ4v) is 3.44. The van der Waals surface area contributed by atoms with Crippen LogP contribution in [0.3, 0.4) is 0 Å². The van der Waals surface area contributed by atoms with Gasteiger partial charge in [0, 0.05) is 22.9 Å². The van der Waals surface area contributed by atoms with E-state index in [9.17, 15) is 14.9 Å². The van der Waals surface area contributed by atoms with Gasteiger partial charge in [0.05, 0.1) is 4.92 Å². The summed E-state index contributed by atoms with van der Waals surface area (Å²) in [4.78, 5) is 22.4. The molecule has 0 heterocycles. The van der Waals surface area contributed by atoms with E-state index in [-0.39, 0.29) is 28.2 Å². The summed E-state index contributed by atoms with van der Waals surface area (Å²) < 4.78 is 0. The molecule has 1 aromatic carbocycles. The topological polar surface area (TPSA) is 72.2 Å². The zero-order valence-electron chi connectivity index (χ0n) is 11.7. The molecule has 0 bridgehead atoms. The molecule has 0 unspecified atom stereocenters. The van der Waals surface area contributed by atoms with Crippen LogP contribution in [0.25, 0.3) is 0 Å². The summed E-state index contributed by atoms with van der Waals surface area (Å²) in [5, 5.41) is 14.5. The van der Waals surface area contributed by atoms with Crippen molar-refractivity contribution in [2.75, 3.05) is 6.26 Å². The summed E-state index contributed by atoms with van der Waals surface area (Å²) in [7, 11) is 0. The first-order valence-electron chi connectivity index (χ1n) is 6.79. The highest BCUT2D eigenvalue weighted by molar-refractivity contribution is 7.99. The van der Waals surface area contributed by atoms with E-state index in [0.29, 0.717) is 5.25 Å². The van der Waals surface area contributed by atoms with Crippen LogP contribution in [0.5, 0.6) is 0 Å². The van der Waals surface area contributed by atoms with Crippen molar-refractivity contribution in [3.05, 3.63) is 38.9 Å². The lowest BCUT2D eigenvalue weighted by atomic mass is 9.94. The van der Waals surface area contributed by atoms with E-state index in [1.807, 2.05) is 11.8 Å². The van der Waals surface area contributed by atoms with Gasteiger partial charge in [-0.05, 0) is 44.1 Å². The van der Waals surface area contributed by atoms with Gasteiger partial charge in [0.25, 0.3) is 11.6 Å². The molecule has 0 atom stereocenters. The molecule has 0 aromatic heterocycles. The molecule has 0 radical (unpaired) electrons. The number of hydrogen-bond acceptors (Lipinski definition) is 4. The quantitative estimate of drug-likeness (QED) is 0.676. The minimum absolute atomic E-state index is 0.0389. The second-order valence-electron chi connectivity index (χ2n) is 5.11. The van der Waals surface area contributed by atoms with Gasteiger partial charge < -0.3 is 5.32 Å². The Labute approximate surface area is 132 Å². The lowest BCUT2D eigenvalue weighted by molar-refractivity contribution is -0.384. The number of benzene rings is 1. The molecule has 2 rings (SSSR count). The third-order valence-electron chi connectivity index (χ3n) is 3.75. The van der Waals surface area contributed by atoms with Crippen molar-refractivity contribution in [1.29, 1.82) is 0 Å². The molecule has 0 aliphatic heterocycles. The fraction of sp³-hybridized carbons (Fsp3) is 0.500. The van der Waals surface area contributed by atoms with E-state index in [0.717, 1.165) is 25.7 Å². The molecule has 1 aliphatic rings. The summed E-state index contributed by atoms with van der Waals surface area (Å²) in [5.41, 5.74) is 0.0356. The van der Waals surface area contributed by atoms with E-state index >= 15 is 0 Å². The average molecular weight is 329 g/mol. The molecule has 1 aliphatic carbocycles. The standard InChI is InChI=1S/C14H17ClN2O3S/c1-21-11-5-3-10(4-6-11)16-14(18)9-2-7-12(15)13(8-9)17(19)20/h2,7-8,10-11H,3-6H2,1H3,(H,16,18). The van der Waals surface area contributed by atoms with E-state index in [4.69, 9.17) is 11.6 Å². The largest absolute Gasteiger partial charge is 0.349 e. The third kappa shape index (κ3) is 4.11. The number of thioether (sulfide) groups is 1. The molecule has 7 heteroatoms. The fourth-order valence-electron chi connectivity index (χ4n) is 2.51. The number of halogens is 1. The number of nitrogens with one attached hydrogen (secondary N) is 1. The van der Waals surface area contributed by atoms with Gasteiger partial charge in [-0.1, -0.05) is 11.6 Å². The van der Waals surface area contributed by atoms with Crippen molar-refractivity contribution < 1.29 is 9.72 Å². The van der Waals surface area contributed by atoms with Crippen molar-refractivity contribution in [2.24, 2.45) is 0 Å². The molecule has 114 valence electrons. The number of rotatable bonds is 4. The zero-order chi connectivity index (χ0) is 15.4. The van der Waals surface area contributed by atoms with Crippen LogP contribution in [-0.4, -0.2) is 28.4 Å². The molecular weight excluding hydrogens is 312 g/mol. The van der Waals surface area contributed by atoms with E-state index in [1.165, 1.54) is 18.2 Å². The normalized spacial score (nSPS) is 21.8. The number of nitro groups is 1. The van der Waals surface area contributed by atoms with Crippen molar-refractivity contribution in [3.8, 4) is 0 Å². The van der Waals surface area contributed by atoms with E-state index < -0.39 is 4.92 Å². The van der Waals surface area contributed by atoms with Crippen LogP contribution in [0, 0.1) is 10.1 Å². The van der Waals surface area contributed by atoms with Crippen LogP contribution in [0.4, 0.5) is 5.69 Å². The number of nitrogens with zero attached hydrogens (tertiary/aromatic N) is 1. The van der Waals surface area contributed by atoms with Gasteiger partial charge >= 0.3 is 0 Å². The lowest BCUT2D eigenvalue weighted by Gasteiger charge is -2.28. The van der Waals surface area contributed by atoms with Gasteiger partial charge in [0.2, 0.25) is 0 Å². The van der Waals surface area contributed by atoms with Crippen LogP contribution in [-0.2, 0) is 0 Å². The van der Waals surface area contributed by atoms with Gasteiger partial charge in [-0.3, -0.25) is 14.9 Å². The van der Waals surface area contributed by atoms with Crippen LogP contribution < -0.4 is 5.32 Å². The number of hydrogen-bond donors (Lipinski definition) is 1. The van der Waals surface area contributed by atoms with Crippen LogP contribution in [0.2, 0.25) is 5.02 Å². The zero-order valence-corrected chi connectivity index (χ0v) is 13.2. The summed E-state index contributed by atoms with van der Waals surface area (Å²) in [6.07, 6.45) is 6.19. The summed E-state index contributed by atoms with van der Waals surface area (Å²) in [6.45, 7) is 0. The molecule has 21 heavy (non-hydrogen) atoms. The Morgan fingerprint density at radius 1 is 1.38 bits per heavy atom. The molecule has 1 amide bonds. The lowest BCUT2D eigenvalue weighted by Crippen LogP contribution is -2.38. The minimum Gasteiger partial charge on any atom is -0.349 e. The summed E-state index contributed by atoms with van der Waals surface area (Å²) in [6, 6.07) is 4.28. The molecule has 5 nitrogen and oxygen atoms in total. The Bertz CT molecular complexity index is 545. The SMILES string of the molecule is CSC1CCC(NC(=O)c2ccc(Cl)c([N+](=O)[O-])c2)CC1. The van der Waals surface area contributed by atoms with Crippen LogP contribution in [0.15, 0.2) is 18.2 Å². The molecule has 0 saturated heterocycles. The number of nitro benzene ring substituents is 1. The molecule has 1 aromatic rings. The maximum absolute atomic E-state index is 12.2. The first-order chi connectivity index (χ1) is 10.0. The van der Waals surface area contributed by atoms with Crippen molar-refractivity contribution in [2.45, 2.75) is 37.0 Å². The highest BCUT2D eigenvalue weighted by atomic mass is 35.5. The smallest absolute Gasteiger partial charge is 0.288 e. The Morgan fingerprint density at radius 2 is 2.05 bits per heavy atom. The summed E-state index contributed by atoms with van der Waals surface area (Å²) in [5.74, 6) is -0.276. The molecule has 0 spiro atoms. The van der Waals surface area contributed by atoms with Crippen LogP contribution in [0.1, 0.15) is 36.0 Å². The average Bonchev–Trinajstić information content (AvgIpc) is 2.48. The molecule has 1 fully saturated rings. The Balaban J connectivity index is 2.01. The Hall–Kier alpha value is -1.27. The highest BCUT2D eigenvalue weighted by Crippen LogP contribution is 2.28. The monoisotopic (exact) mass is 328 g/mol. The minimum atomic E-state index is -0.581. The first kappa shape index (κ1) is 16.1. The predicted octanol–water partition coefficient (Wildman–Crippen LogP) is 3.65. The second kappa shape index (κ2) is 7.13. The first-order valence-corrected chi connectivity index (χ1v) is 8.45. The highest BCUT2D eigenvalue weighted by Gasteiger charge is 2.23. The summed E-state index contributed by atoms with van der Waals surface area (Å²) >= 11 is 7.61.